The normalized spacial score (nSPS) is 17.8. The number of aryl methyl sites for hydroxylation is 1. The van der Waals surface area contributed by atoms with Crippen LogP contribution < -0.4 is 5.32 Å². The molecule has 1 atom stereocenters. The van der Waals surface area contributed by atoms with Gasteiger partial charge in [-0.2, -0.15) is 0 Å². The highest BCUT2D eigenvalue weighted by molar-refractivity contribution is 5.94. The molecule has 2 N–H and O–H groups in total. The van der Waals surface area contributed by atoms with E-state index in [0.717, 1.165) is 37.9 Å². The van der Waals surface area contributed by atoms with Crippen molar-refractivity contribution in [3.63, 3.8) is 0 Å². The molecular formula is C16H22N2O3. The Labute approximate surface area is 125 Å². The van der Waals surface area contributed by atoms with Gasteiger partial charge in [0.05, 0.1) is 5.56 Å². The second kappa shape index (κ2) is 6.61. The van der Waals surface area contributed by atoms with E-state index in [1.807, 2.05) is 11.8 Å². The van der Waals surface area contributed by atoms with Crippen molar-refractivity contribution in [3.8, 4) is 0 Å². The highest BCUT2D eigenvalue weighted by Gasteiger charge is 2.25. The van der Waals surface area contributed by atoms with Gasteiger partial charge in [0.1, 0.15) is 0 Å². The Balaban J connectivity index is 2.03. The van der Waals surface area contributed by atoms with Gasteiger partial charge in [0.25, 0.3) is 0 Å². The Morgan fingerprint density at radius 1 is 1.43 bits per heavy atom. The molecule has 0 aliphatic carbocycles. The number of anilines is 1. The molecule has 1 heterocycles. The summed E-state index contributed by atoms with van der Waals surface area (Å²) in [4.78, 5) is 25.1. The Morgan fingerprint density at radius 3 is 2.86 bits per heavy atom. The largest absolute Gasteiger partial charge is 0.478 e. The van der Waals surface area contributed by atoms with E-state index in [1.165, 1.54) is 6.07 Å². The van der Waals surface area contributed by atoms with Crippen LogP contribution in [0.3, 0.4) is 0 Å². The Kier molecular flexibility index (Phi) is 4.83. The van der Waals surface area contributed by atoms with Crippen LogP contribution in [0.15, 0.2) is 18.2 Å². The number of urea groups is 1. The fraction of sp³-hybridized carbons (Fsp3) is 0.500. The predicted octanol–water partition coefficient (Wildman–Crippen LogP) is 3.35. The van der Waals surface area contributed by atoms with E-state index in [4.69, 9.17) is 5.11 Å². The van der Waals surface area contributed by atoms with Crippen molar-refractivity contribution in [1.82, 2.24) is 4.90 Å². The van der Waals surface area contributed by atoms with Gasteiger partial charge in [-0.3, -0.25) is 0 Å². The number of carbonyl (C=O) groups excluding carboxylic acids is 1. The van der Waals surface area contributed by atoms with Crippen LogP contribution in [0.4, 0.5) is 10.5 Å². The van der Waals surface area contributed by atoms with Crippen molar-refractivity contribution in [2.45, 2.75) is 33.1 Å². The number of nitrogens with one attached hydrogen (secondary N) is 1. The van der Waals surface area contributed by atoms with Gasteiger partial charge >= 0.3 is 12.0 Å². The van der Waals surface area contributed by atoms with E-state index in [0.29, 0.717) is 11.6 Å². The molecule has 1 unspecified atom stereocenters. The fourth-order valence-electron chi connectivity index (χ4n) is 2.74. The lowest BCUT2D eigenvalue weighted by Gasteiger charge is -2.18. The standard InChI is InChI=1S/C16H22N2O3/c1-3-4-12-7-8-18(10-12)16(21)17-14-9-13(15(19)20)6-5-11(14)2/h5-6,9,12H,3-4,7-8,10H2,1-2H3,(H,17,21)(H,19,20). The topological polar surface area (TPSA) is 69.6 Å². The highest BCUT2D eigenvalue weighted by Crippen LogP contribution is 2.23. The van der Waals surface area contributed by atoms with Crippen LogP contribution in [0.2, 0.25) is 0 Å². The van der Waals surface area contributed by atoms with Gasteiger partial charge in [0.15, 0.2) is 0 Å². The summed E-state index contributed by atoms with van der Waals surface area (Å²) in [7, 11) is 0. The molecule has 5 heteroatoms. The first-order valence-corrected chi connectivity index (χ1v) is 7.41. The molecule has 1 aromatic rings. The molecule has 21 heavy (non-hydrogen) atoms. The number of hydrogen-bond acceptors (Lipinski definition) is 2. The minimum atomic E-state index is -0.991. The van der Waals surface area contributed by atoms with Crippen molar-refractivity contribution in [2.75, 3.05) is 18.4 Å². The van der Waals surface area contributed by atoms with Crippen LogP contribution in [0.5, 0.6) is 0 Å². The average Bonchev–Trinajstić information content (AvgIpc) is 2.90. The molecule has 0 radical (unpaired) electrons. The summed E-state index contributed by atoms with van der Waals surface area (Å²) >= 11 is 0. The minimum Gasteiger partial charge on any atom is -0.478 e. The van der Waals surface area contributed by atoms with Crippen LogP contribution in [0.1, 0.15) is 42.1 Å². The number of benzene rings is 1. The number of aromatic carboxylic acids is 1. The van der Waals surface area contributed by atoms with Crippen molar-refractivity contribution in [1.29, 1.82) is 0 Å². The quantitative estimate of drug-likeness (QED) is 0.893. The van der Waals surface area contributed by atoms with Gasteiger partial charge in [-0.1, -0.05) is 19.4 Å². The molecule has 0 saturated carbocycles. The van der Waals surface area contributed by atoms with E-state index in [-0.39, 0.29) is 11.6 Å². The molecule has 1 aliphatic rings. The van der Waals surface area contributed by atoms with Crippen LogP contribution in [-0.2, 0) is 0 Å². The summed E-state index contributed by atoms with van der Waals surface area (Å²) in [6.45, 7) is 5.57. The maximum Gasteiger partial charge on any atom is 0.335 e. The lowest BCUT2D eigenvalue weighted by atomic mass is 10.0. The number of nitrogens with zero attached hydrogens (tertiary/aromatic N) is 1. The summed E-state index contributed by atoms with van der Waals surface area (Å²) in [5.41, 5.74) is 1.61. The molecular weight excluding hydrogens is 268 g/mol. The van der Waals surface area contributed by atoms with Crippen molar-refractivity contribution in [3.05, 3.63) is 29.3 Å². The van der Waals surface area contributed by atoms with Gasteiger partial charge in [0, 0.05) is 18.8 Å². The SMILES string of the molecule is CCCC1CCN(C(=O)Nc2cc(C(=O)O)ccc2C)C1. The third-order valence-electron chi connectivity index (χ3n) is 4.00. The van der Waals surface area contributed by atoms with Gasteiger partial charge in [0.2, 0.25) is 0 Å². The number of rotatable bonds is 4. The third-order valence-corrected chi connectivity index (χ3v) is 4.00. The zero-order valence-corrected chi connectivity index (χ0v) is 12.6. The van der Waals surface area contributed by atoms with Gasteiger partial charge in [-0.15, -0.1) is 0 Å². The molecule has 1 aliphatic heterocycles. The molecule has 0 aromatic heterocycles. The summed E-state index contributed by atoms with van der Waals surface area (Å²) in [6.07, 6.45) is 3.34. The van der Waals surface area contributed by atoms with E-state index in [1.54, 1.807) is 12.1 Å². The second-order valence-electron chi connectivity index (χ2n) is 5.65. The zero-order chi connectivity index (χ0) is 15.4. The Morgan fingerprint density at radius 2 is 2.19 bits per heavy atom. The number of carboxylic acid groups (broad SMARTS) is 1. The summed E-state index contributed by atoms with van der Waals surface area (Å²) in [5, 5.41) is 11.9. The average molecular weight is 290 g/mol. The first-order valence-electron chi connectivity index (χ1n) is 7.41. The van der Waals surface area contributed by atoms with Crippen LogP contribution in [-0.4, -0.2) is 35.1 Å². The Hall–Kier alpha value is -2.04. The molecule has 0 spiro atoms. The fourth-order valence-corrected chi connectivity index (χ4v) is 2.74. The summed E-state index contributed by atoms with van der Waals surface area (Å²) in [5.74, 6) is -0.401. The van der Waals surface area contributed by atoms with Crippen molar-refractivity contribution >= 4 is 17.7 Å². The monoisotopic (exact) mass is 290 g/mol. The first-order chi connectivity index (χ1) is 10.0. The number of amides is 2. The van der Waals surface area contributed by atoms with E-state index in [2.05, 4.69) is 12.2 Å². The zero-order valence-electron chi connectivity index (χ0n) is 12.6. The maximum absolute atomic E-state index is 12.3. The number of carboxylic acids is 1. The van der Waals surface area contributed by atoms with E-state index < -0.39 is 5.97 Å². The van der Waals surface area contributed by atoms with Crippen LogP contribution in [0, 0.1) is 12.8 Å². The Bertz CT molecular complexity index is 542. The second-order valence-corrected chi connectivity index (χ2v) is 5.65. The lowest BCUT2D eigenvalue weighted by Crippen LogP contribution is -2.33. The molecule has 114 valence electrons. The van der Waals surface area contributed by atoms with Crippen molar-refractivity contribution in [2.24, 2.45) is 5.92 Å². The maximum atomic E-state index is 12.3. The third kappa shape index (κ3) is 3.74. The molecule has 1 saturated heterocycles. The number of carbonyl (C=O) groups is 2. The van der Waals surface area contributed by atoms with Gasteiger partial charge in [-0.05, 0) is 43.4 Å². The van der Waals surface area contributed by atoms with Gasteiger partial charge < -0.3 is 15.3 Å². The first kappa shape index (κ1) is 15.4. The predicted molar refractivity (Wildman–Crippen MR) is 81.7 cm³/mol. The van der Waals surface area contributed by atoms with E-state index in [9.17, 15) is 9.59 Å². The van der Waals surface area contributed by atoms with Crippen molar-refractivity contribution < 1.29 is 14.7 Å². The molecule has 1 fully saturated rings. The number of hydrogen-bond donors (Lipinski definition) is 2. The van der Waals surface area contributed by atoms with Gasteiger partial charge in [-0.25, -0.2) is 9.59 Å². The molecule has 2 amide bonds. The minimum absolute atomic E-state index is 0.140. The summed E-state index contributed by atoms with van der Waals surface area (Å²) < 4.78 is 0. The summed E-state index contributed by atoms with van der Waals surface area (Å²) in [6, 6.07) is 4.62. The number of likely N-dealkylation sites (tertiary alicyclic amines) is 1. The van der Waals surface area contributed by atoms with E-state index >= 15 is 0 Å². The van der Waals surface area contributed by atoms with Crippen LogP contribution >= 0.6 is 0 Å². The highest BCUT2D eigenvalue weighted by atomic mass is 16.4. The smallest absolute Gasteiger partial charge is 0.335 e. The van der Waals surface area contributed by atoms with Crippen LogP contribution in [0.25, 0.3) is 0 Å². The molecule has 5 nitrogen and oxygen atoms in total. The molecule has 1 aromatic carbocycles. The lowest BCUT2D eigenvalue weighted by molar-refractivity contribution is 0.0697. The molecule has 0 bridgehead atoms. The molecule has 2 rings (SSSR count).